The Morgan fingerprint density at radius 2 is 1.59 bits per heavy atom. The van der Waals surface area contributed by atoms with E-state index in [1.165, 1.54) is 6.07 Å². The number of hydrogen-bond donors (Lipinski definition) is 1. The molecule has 0 saturated heterocycles. The van der Waals surface area contributed by atoms with Crippen LogP contribution in [0, 0.1) is 0 Å². The first-order chi connectivity index (χ1) is 12.8. The highest BCUT2D eigenvalue weighted by Crippen LogP contribution is 2.29. The summed E-state index contributed by atoms with van der Waals surface area (Å²) in [6, 6.07) is 9.56. The third-order valence-corrected chi connectivity index (χ3v) is 4.02. The van der Waals surface area contributed by atoms with Crippen molar-refractivity contribution in [3.63, 3.8) is 0 Å². The van der Waals surface area contributed by atoms with Crippen LogP contribution in [0.1, 0.15) is 40.9 Å². The molecule has 0 radical (unpaired) electrons. The summed E-state index contributed by atoms with van der Waals surface area (Å²) >= 11 is 0. The number of amides is 1. The van der Waals surface area contributed by atoms with E-state index in [4.69, 9.17) is 4.74 Å². The fraction of sp³-hybridized carbons (Fsp3) is 0.300. The molecule has 27 heavy (non-hydrogen) atoms. The number of carbonyl (C=O) groups excluding carboxylic acids is 2. The standard InChI is InChI=1S/C20H20F3NO3/c1-3-13-7-5-8-14(4-2)18(13)24-17(25)12-27-19(26)15-9-6-10-16(11-15)20(21,22)23/h5-11H,3-4,12H2,1-2H3,(H,24,25). The molecule has 7 heteroatoms. The van der Waals surface area contributed by atoms with E-state index in [1.54, 1.807) is 0 Å². The predicted molar refractivity (Wildman–Crippen MR) is 95.6 cm³/mol. The smallest absolute Gasteiger partial charge is 0.416 e. The molecule has 0 aliphatic heterocycles. The molecule has 1 N–H and O–H groups in total. The molecule has 0 spiro atoms. The van der Waals surface area contributed by atoms with Crippen molar-refractivity contribution in [3.8, 4) is 0 Å². The zero-order valence-corrected chi connectivity index (χ0v) is 15.0. The number of anilines is 1. The van der Waals surface area contributed by atoms with Crippen LogP contribution >= 0.6 is 0 Å². The first-order valence-electron chi connectivity index (χ1n) is 8.51. The van der Waals surface area contributed by atoms with Gasteiger partial charge in [0.25, 0.3) is 5.91 Å². The minimum Gasteiger partial charge on any atom is -0.452 e. The highest BCUT2D eigenvalue weighted by Gasteiger charge is 2.31. The zero-order valence-electron chi connectivity index (χ0n) is 15.0. The van der Waals surface area contributed by atoms with Crippen LogP contribution in [0.2, 0.25) is 0 Å². The molecule has 0 bridgehead atoms. The van der Waals surface area contributed by atoms with Crippen molar-refractivity contribution in [2.45, 2.75) is 32.9 Å². The van der Waals surface area contributed by atoms with Gasteiger partial charge in [0, 0.05) is 5.69 Å². The van der Waals surface area contributed by atoms with Crippen molar-refractivity contribution in [3.05, 3.63) is 64.7 Å². The van der Waals surface area contributed by atoms with Gasteiger partial charge >= 0.3 is 12.1 Å². The number of para-hydroxylation sites is 1. The fourth-order valence-electron chi connectivity index (χ4n) is 2.62. The van der Waals surface area contributed by atoms with Gasteiger partial charge in [0.15, 0.2) is 6.61 Å². The van der Waals surface area contributed by atoms with Crippen LogP contribution < -0.4 is 5.32 Å². The Morgan fingerprint density at radius 1 is 1.00 bits per heavy atom. The summed E-state index contributed by atoms with van der Waals surface area (Å²) in [5, 5.41) is 2.73. The van der Waals surface area contributed by atoms with Gasteiger partial charge in [0.2, 0.25) is 0 Å². The molecule has 144 valence electrons. The number of aryl methyl sites for hydroxylation is 2. The predicted octanol–water partition coefficient (Wildman–Crippen LogP) is 4.63. The summed E-state index contributed by atoms with van der Waals surface area (Å²) in [4.78, 5) is 24.1. The van der Waals surface area contributed by atoms with Gasteiger partial charge in [-0.1, -0.05) is 38.1 Å². The molecule has 0 atom stereocenters. The summed E-state index contributed by atoms with van der Waals surface area (Å²) in [6.45, 7) is 3.33. The van der Waals surface area contributed by atoms with Gasteiger partial charge in [-0.15, -0.1) is 0 Å². The molecule has 0 aromatic heterocycles. The van der Waals surface area contributed by atoms with E-state index in [9.17, 15) is 22.8 Å². The summed E-state index contributed by atoms with van der Waals surface area (Å²) in [5.41, 5.74) is 1.37. The van der Waals surface area contributed by atoms with Crippen molar-refractivity contribution < 1.29 is 27.5 Å². The highest BCUT2D eigenvalue weighted by molar-refractivity contribution is 5.96. The lowest BCUT2D eigenvalue weighted by molar-refractivity contribution is -0.137. The van der Waals surface area contributed by atoms with E-state index in [0.29, 0.717) is 24.6 Å². The first-order valence-corrected chi connectivity index (χ1v) is 8.51. The molecular formula is C20H20F3NO3. The average Bonchev–Trinajstić information content (AvgIpc) is 2.65. The van der Waals surface area contributed by atoms with E-state index < -0.39 is 30.2 Å². The van der Waals surface area contributed by atoms with Gasteiger partial charge in [0.05, 0.1) is 11.1 Å². The summed E-state index contributed by atoms with van der Waals surface area (Å²) in [6.07, 6.45) is -3.13. The quantitative estimate of drug-likeness (QED) is 0.745. The second-order valence-corrected chi connectivity index (χ2v) is 5.86. The number of hydrogen-bond acceptors (Lipinski definition) is 3. The van der Waals surface area contributed by atoms with E-state index >= 15 is 0 Å². The minimum atomic E-state index is -4.56. The molecule has 2 aromatic carbocycles. The normalized spacial score (nSPS) is 11.1. The van der Waals surface area contributed by atoms with Crippen LogP contribution in [0.25, 0.3) is 0 Å². The zero-order chi connectivity index (χ0) is 20.0. The molecule has 0 aliphatic rings. The maximum absolute atomic E-state index is 12.7. The second kappa shape index (κ2) is 8.70. The van der Waals surface area contributed by atoms with E-state index in [0.717, 1.165) is 23.3 Å². The molecule has 0 fully saturated rings. The number of benzene rings is 2. The number of alkyl halides is 3. The lowest BCUT2D eigenvalue weighted by atomic mass is 10.0. The van der Waals surface area contributed by atoms with Gasteiger partial charge in [-0.25, -0.2) is 4.79 Å². The third-order valence-electron chi connectivity index (χ3n) is 4.02. The van der Waals surface area contributed by atoms with Crippen molar-refractivity contribution in [2.24, 2.45) is 0 Å². The molecule has 4 nitrogen and oxygen atoms in total. The van der Waals surface area contributed by atoms with Gasteiger partial charge in [-0.3, -0.25) is 4.79 Å². The lowest BCUT2D eigenvalue weighted by Crippen LogP contribution is -2.22. The summed E-state index contributed by atoms with van der Waals surface area (Å²) < 4.78 is 43.0. The van der Waals surface area contributed by atoms with E-state index in [2.05, 4.69) is 5.32 Å². The number of halogens is 3. The Morgan fingerprint density at radius 3 is 2.15 bits per heavy atom. The van der Waals surface area contributed by atoms with Crippen molar-refractivity contribution >= 4 is 17.6 Å². The molecule has 0 heterocycles. The third kappa shape index (κ3) is 5.32. The summed E-state index contributed by atoms with van der Waals surface area (Å²) in [5.74, 6) is -1.54. The Balaban J connectivity index is 2.03. The molecule has 0 saturated carbocycles. The lowest BCUT2D eigenvalue weighted by Gasteiger charge is -2.14. The second-order valence-electron chi connectivity index (χ2n) is 5.86. The van der Waals surface area contributed by atoms with Crippen molar-refractivity contribution in [1.82, 2.24) is 0 Å². The Hall–Kier alpha value is -2.83. The Labute approximate surface area is 155 Å². The maximum Gasteiger partial charge on any atom is 0.416 e. The number of ether oxygens (including phenoxy) is 1. The first kappa shape index (κ1) is 20.5. The van der Waals surface area contributed by atoms with E-state index in [-0.39, 0.29) is 5.56 Å². The molecule has 1 amide bonds. The van der Waals surface area contributed by atoms with Gasteiger partial charge in [-0.2, -0.15) is 13.2 Å². The highest BCUT2D eigenvalue weighted by atomic mass is 19.4. The van der Waals surface area contributed by atoms with Gasteiger partial charge < -0.3 is 10.1 Å². The molecule has 0 aliphatic carbocycles. The molecular weight excluding hydrogens is 359 g/mol. The number of esters is 1. The van der Waals surface area contributed by atoms with Crippen molar-refractivity contribution in [2.75, 3.05) is 11.9 Å². The van der Waals surface area contributed by atoms with Crippen LogP contribution in [0.5, 0.6) is 0 Å². The Bertz CT molecular complexity index is 809. The average molecular weight is 379 g/mol. The van der Waals surface area contributed by atoms with Crippen LogP contribution in [-0.4, -0.2) is 18.5 Å². The number of nitrogens with one attached hydrogen (secondary N) is 1. The van der Waals surface area contributed by atoms with E-state index in [1.807, 2.05) is 32.0 Å². The van der Waals surface area contributed by atoms with Crippen LogP contribution in [0.3, 0.4) is 0 Å². The van der Waals surface area contributed by atoms with Gasteiger partial charge in [0.1, 0.15) is 0 Å². The molecule has 0 unspecified atom stereocenters. The number of rotatable bonds is 6. The van der Waals surface area contributed by atoms with Crippen LogP contribution in [-0.2, 0) is 28.5 Å². The fourth-order valence-corrected chi connectivity index (χ4v) is 2.62. The molecule has 2 aromatic rings. The number of carbonyl (C=O) groups is 2. The monoisotopic (exact) mass is 379 g/mol. The van der Waals surface area contributed by atoms with Crippen LogP contribution in [0.4, 0.5) is 18.9 Å². The van der Waals surface area contributed by atoms with Crippen LogP contribution in [0.15, 0.2) is 42.5 Å². The topological polar surface area (TPSA) is 55.4 Å². The Kier molecular flexibility index (Phi) is 6.60. The largest absolute Gasteiger partial charge is 0.452 e. The SMILES string of the molecule is CCc1cccc(CC)c1NC(=O)COC(=O)c1cccc(C(F)(F)F)c1. The van der Waals surface area contributed by atoms with Gasteiger partial charge in [-0.05, 0) is 42.2 Å². The maximum atomic E-state index is 12.7. The summed E-state index contributed by atoms with van der Waals surface area (Å²) in [7, 11) is 0. The van der Waals surface area contributed by atoms with Crippen molar-refractivity contribution in [1.29, 1.82) is 0 Å². The molecule has 2 rings (SSSR count). The minimum absolute atomic E-state index is 0.263.